The van der Waals surface area contributed by atoms with Crippen molar-refractivity contribution in [2.24, 2.45) is 16.3 Å². The van der Waals surface area contributed by atoms with E-state index in [9.17, 15) is 0 Å². The van der Waals surface area contributed by atoms with Crippen LogP contribution < -0.4 is 10.6 Å². The summed E-state index contributed by atoms with van der Waals surface area (Å²) in [7, 11) is 4.29. The molecule has 0 saturated carbocycles. The van der Waals surface area contributed by atoms with Gasteiger partial charge in [0.2, 0.25) is 0 Å². The number of guanidine groups is 1. The second kappa shape index (κ2) is 13.4. The third-order valence-electron chi connectivity index (χ3n) is 5.20. The molecule has 0 aromatic rings. The van der Waals surface area contributed by atoms with Crippen molar-refractivity contribution in [1.29, 1.82) is 0 Å². The van der Waals surface area contributed by atoms with Crippen LogP contribution in [0.5, 0.6) is 0 Å². The van der Waals surface area contributed by atoms with Gasteiger partial charge in [0.1, 0.15) is 0 Å². The van der Waals surface area contributed by atoms with Gasteiger partial charge in [0.15, 0.2) is 5.96 Å². The SMILES string of the molecule is CCNC(=NCC1CCCOC1C(C)(C)C)NCCCCCCCN(C)C. The van der Waals surface area contributed by atoms with Gasteiger partial charge in [-0.25, -0.2) is 0 Å². The molecule has 1 saturated heterocycles. The minimum absolute atomic E-state index is 0.180. The smallest absolute Gasteiger partial charge is 0.191 e. The molecule has 27 heavy (non-hydrogen) atoms. The zero-order valence-electron chi connectivity index (χ0n) is 18.9. The van der Waals surface area contributed by atoms with Crippen LogP contribution in [-0.2, 0) is 4.74 Å². The Labute approximate surface area is 168 Å². The normalized spacial score (nSPS) is 21.5. The summed E-state index contributed by atoms with van der Waals surface area (Å²) in [5, 5.41) is 6.90. The Morgan fingerprint density at radius 3 is 2.44 bits per heavy atom. The summed E-state index contributed by atoms with van der Waals surface area (Å²) >= 11 is 0. The Hall–Kier alpha value is -0.810. The van der Waals surface area contributed by atoms with Gasteiger partial charge < -0.3 is 20.3 Å². The Kier molecular flexibility index (Phi) is 12.0. The van der Waals surface area contributed by atoms with Crippen LogP contribution >= 0.6 is 0 Å². The highest BCUT2D eigenvalue weighted by molar-refractivity contribution is 5.79. The average molecular weight is 383 g/mol. The molecule has 0 aromatic carbocycles. The lowest BCUT2D eigenvalue weighted by Gasteiger charge is -2.39. The number of rotatable bonds is 11. The molecule has 160 valence electrons. The molecule has 1 aliphatic heterocycles. The number of nitrogens with one attached hydrogen (secondary N) is 2. The van der Waals surface area contributed by atoms with Crippen LogP contribution in [0.25, 0.3) is 0 Å². The van der Waals surface area contributed by atoms with Gasteiger partial charge in [-0.1, -0.05) is 40.0 Å². The number of unbranched alkanes of at least 4 members (excludes halogenated alkanes) is 4. The van der Waals surface area contributed by atoms with E-state index < -0.39 is 0 Å². The summed E-state index contributed by atoms with van der Waals surface area (Å²) in [6, 6.07) is 0. The van der Waals surface area contributed by atoms with Gasteiger partial charge in [-0.05, 0) is 58.7 Å². The van der Waals surface area contributed by atoms with E-state index in [4.69, 9.17) is 9.73 Å². The molecule has 0 aliphatic carbocycles. The number of nitrogens with zero attached hydrogens (tertiary/aromatic N) is 2. The van der Waals surface area contributed by atoms with Crippen molar-refractivity contribution in [1.82, 2.24) is 15.5 Å². The van der Waals surface area contributed by atoms with E-state index in [2.05, 4.69) is 57.3 Å². The first kappa shape index (κ1) is 24.2. The van der Waals surface area contributed by atoms with Gasteiger partial charge in [-0.3, -0.25) is 4.99 Å². The fourth-order valence-electron chi connectivity index (χ4n) is 3.83. The molecule has 1 fully saturated rings. The third kappa shape index (κ3) is 10.9. The fraction of sp³-hybridized carbons (Fsp3) is 0.955. The van der Waals surface area contributed by atoms with Gasteiger partial charge in [0, 0.05) is 32.2 Å². The molecule has 0 radical (unpaired) electrons. The van der Waals surface area contributed by atoms with Crippen molar-refractivity contribution in [2.75, 3.05) is 46.9 Å². The Balaban J connectivity index is 2.32. The second-order valence-corrected chi connectivity index (χ2v) is 9.28. The quantitative estimate of drug-likeness (QED) is 0.323. The summed E-state index contributed by atoms with van der Waals surface area (Å²) in [6.07, 6.45) is 9.16. The maximum atomic E-state index is 6.09. The fourth-order valence-corrected chi connectivity index (χ4v) is 3.83. The third-order valence-corrected chi connectivity index (χ3v) is 5.20. The molecular formula is C22H46N4O. The summed E-state index contributed by atoms with van der Waals surface area (Å²) < 4.78 is 6.09. The van der Waals surface area contributed by atoms with Gasteiger partial charge in [-0.2, -0.15) is 0 Å². The van der Waals surface area contributed by atoms with Crippen molar-refractivity contribution in [2.45, 2.75) is 78.7 Å². The zero-order valence-corrected chi connectivity index (χ0v) is 18.9. The Morgan fingerprint density at radius 2 is 1.78 bits per heavy atom. The van der Waals surface area contributed by atoms with Crippen LogP contribution in [-0.4, -0.2) is 63.8 Å². The molecule has 5 nitrogen and oxygen atoms in total. The van der Waals surface area contributed by atoms with E-state index in [0.717, 1.165) is 38.6 Å². The highest BCUT2D eigenvalue weighted by atomic mass is 16.5. The molecule has 0 amide bonds. The standard InChI is InChI=1S/C22H46N4O/c1-7-23-21(24-15-11-9-8-10-12-16-26(5)6)25-18-19-14-13-17-27-20(19)22(2,3)4/h19-20H,7-18H2,1-6H3,(H2,23,24,25). The number of aliphatic imine (C=N–C) groups is 1. The summed E-state index contributed by atoms with van der Waals surface area (Å²) in [5.74, 6) is 1.48. The minimum atomic E-state index is 0.180. The zero-order chi connectivity index (χ0) is 20.1. The Bertz CT molecular complexity index is 404. The second-order valence-electron chi connectivity index (χ2n) is 9.28. The number of ether oxygens (including phenoxy) is 1. The molecule has 1 rings (SSSR count). The van der Waals surface area contributed by atoms with Crippen LogP contribution in [0.15, 0.2) is 4.99 Å². The lowest BCUT2D eigenvalue weighted by molar-refractivity contribution is -0.0823. The van der Waals surface area contributed by atoms with Crippen molar-refractivity contribution in [3.05, 3.63) is 0 Å². The summed E-state index contributed by atoms with van der Waals surface area (Å²) in [5.41, 5.74) is 0.180. The molecule has 1 heterocycles. The molecule has 5 heteroatoms. The minimum Gasteiger partial charge on any atom is -0.377 e. The largest absolute Gasteiger partial charge is 0.377 e. The van der Waals surface area contributed by atoms with Crippen LogP contribution in [0.1, 0.15) is 72.6 Å². The first-order valence-corrected chi connectivity index (χ1v) is 11.1. The lowest BCUT2D eigenvalue weighted by Crippen LogP contribution is -2.42. The van der Waals surface area contributed by atoms with Crippen LogP contribution in [0.2, 0.25) is 0 Å². The molecule has 1 aliphatic rings. The average Bonchev–Trinajstić information content (AvgIpc) is 2.61. The van der Waals surface area contributed by atoms with E-state index in [0.29, 0.717) is 12.0 Å². The van der Waals surface area contributed by atoms with Crippen molar-refractivity contribution in [3.8, 4) is 0 Å². The molecule has 2 N–H and O–H groups in total. The highest BCUT2D eigenvalue weighted by Crippen LogP contribution is 2.34. The first-order valence-electron chi connectivity index (χ1n) is 11.1. The molecular weight excluding hydrogens is 336 g/mol. The Morgan fingerprint density at radius 1 is 1.07 bits per heavy atom. The van der Waals surface area contributed by atoms with Gasteiger partial charge in [0.25, 0.3) is 0 Å². The predicted octanol–water partition coefficient (Wildman–Crippen LogP) is 3.89. The van der Waals surface area contributed by atoms with Crippen molar-refractivity contribution < 1.29 is 4.74 Å². The molecule has 0 aromatic heterocycles. The van der Waals surface area contributed by atoms with Crippen molar-refractivity contribution in [3.63, 3.8) is 0 Å². The number of hydrogen-bond acceptors (Lipinski definition) is 3. The van der Waals surface area contributed by atoms with Crippen LogP contribution in [0.4, 0.5) is 0 Å². The maximum Gasteiger partial charge on any atom is 0.191 e. The lowest BCUT2D eigenvalue weighted by atomic mass is 9.78. The van der Waals surface area contributed by atoms with Gasteiger partial charge in [0.05, 0.1) is 6.10 Å². The molecule has 0 spiro atoms. The molecule has 0 bridgehead atoms. The van der Waals surface area contributed by atoms with Crippen LogP contribution in [0.3, 0.4) is 0 Å². The first-order chi connectivity index (χ1) is 12.8. The van der Waals surface area contributed by atoms with E-state index >= 15 is 0 Å². The monoisotopic (exact) mass is 382 g/mol. The predicted molar refractivity (Wildman–Crippen MR) is 118 cm³/mol. The van der Waals surface area contributed by atoms with E-state index in [1.165, 1.54) is 45.1 Å². The molecule has 2 unspecified atom stereocenters. The topological polar surface area (TPSA) is 48.9 Å². The summed E-state index contributed by atoms with van der Waals surface area (Å²) in [4.78, 5) is 7.14. The maximum absolute atomic E-state index is 6.09. The van der Waals surface area contributed by atoms with E-state index in [1.807, 2.05) is 0 Å². The van der Waals surface area contributed by atoms with Gasteiger partial charge in [-0.15, -0.1) is 0 Å². The number of hydrogen-bond donors (Lipinski definition) is 2. The van der Waals surface area contributed by atoms with Gasteiger partial charge >= 0.3 is 0 Å². The van der Waals surface area contributed by atoms with Crippen molar-refractivity contribution >= 4 is 5.96 Å². The summed E-state index contributed by atoms with van der Waals surface area (Å²) in [6.45, 7) is 13.8. The van der Waals surface area contributed by atoms with Crippen LogP contribution in [0, 0.1) is 11.3 Å². The highest BCUT2D eigenvalue weighted by Gasteiger charge is 2.35. The molecule has 2 atom stereocenters. The van der Waals surface area contributed by atoms with E-state index in [1.54, 1.807) is 0 Å². The van der Waals surface area contributed by atoms with E-state index in [-0.39, 0.29) is 5.41 Å².